The van der Waals surface area contributed by atoms with Crippen molar-refractivity contribution in [1.82, 2.24) is 19.5 Å². The van der Waals surface area contributed by atoms with E-state index in [0.717, 1.165) is 55.7 Å². The molecule has 4 nitrogen and oxygen atoms in total. The largest absolute Gasteiger partial charge is 0.309 e. The number of rotatable bonds is 8. The smallest absolute Gasteiger partial charge is 0.164 e. The number of hydrogen-bond acceptors (Lipinski definition) is 4. The molecule has 0 atom stereocenters. The van der Waals surface area contributed by atoms with Gasteiger partial charge >= 0.3 is 0 Å². The van der Waals surface area contributed by atoms with Gasteiger partial charge in [-0.25, -0.2) is 15.0 Å². The van der Waals surface area contributed by atoms with Gasteiger partial charge in [-0.2, -0.15) is 0 Å². The van der Waals surface area contributed by atoms with Crippen LogP contribution in [0.5, 0.6) is 0 Å². The summed E-state index contributed by atoms with van der Waals surface area (Å²) in [6.45, 7) is 6.17. The molecule has 5 heteroatoms. The van der Waals surface area contributed by atoms with Gasteiger partial charge in [0, 0.05) is 53.3 Å². The Balaban J connectivity index is 1.23. The van der Waals surface area contributed by atoms with Gasteiger partial charge in [-0.15, -0.1) is 11.3 Å². The van der Waals surface area contributed by atoms with Gasteiger partial charge < -0.3 is 4.57 Å². The average Bonchev–Trinajstić information content (AvgIpc) is 3.82. The molecule has 0 aliphatic heterocycles. The van der Waals surface area contributed by atoms with Crippen molar-refractivity contribution in [2.75, 3.05) is 0 Å². The van der Waals surface area contributed by atoms with Gasteiger partial charge in [0.1, 0.15) is 0 Å². The van der Waals surface area contributed by atoms with E-state index in [1.165, 1.54) is 30.9 Å². The topological polar surface area (TPSA) is 43.6 Å². The van der Waals surface area contributed by atoms with Crippen LogP contribution in [0.15, 0.2) is 195 Å². The van der Waals surface area contributed by atoms with Gasteiger partial charge in [0.2, 0.25) is 0 Å². The molecular formula is C52H36N4S. The summed E-state index contributed by atoms with van der Waals surface area (Å²) in [4.78, 5) is 15.9. The SMILES string of the molecule is C=C/C=C\C(=C(/C)c1ccccc1-c1ccccc1)c1nc(-c2ccc3c(c2)sc2ccccc23)nc(-c2ccc3c4ccccc4n(-c4ccccc4)c3c2)n1. The fourth-order valence-electron chi connectivity index (χ4n) is 7.94. The van der Waals surface area contributed by atoms with E-state index in [9.17, 15) is 0 Å². The molecule has 0 aliphatic carbocycles. The summed E-state index contributed by atoms with van der Waals surface area (Å²) in [5.74, 6) is 1.81. The third kappa shape index (κ3) is 6.15. The molecule has 0 saturated heterocycles. The van der Waals surface area contributed by atoms with Gasteiger partial charge in [0.05, 0.1) is 11.0 Å². The maximum atomic E-state index is 5.32. The zero-order valence-corrected chi connectivity index (χ0v) is 32.1. The lowest BCUT2D eigenvalue weighted by atomic mass is 9.92. The summed E-state index contributed by atoms with van der Waals surface area (Å²) < 4.78 is 4.78. The molecule has 0 aliphatic rings. The molecule has 270 valence electrons. The average molecular weight is 749 g/mol. The highest BCUT2D eigenvalue weighted by atomic mass is 32.1. The number of benzene rings is 7. The van der Waals surface area contributed by atoms with E-state index in [0.29, 0.717) is 17.5 Å². The first-order chi connectivity index (χ1) is 28.1. The van der Waals surface area contributed by atoms with E-state index in [-0.39, 0.29) is 0 Å². The van der Waals surface area contributed by atoms with Crippen LogP contribution in [0.1, 0.15) is 18.3 Å². The third-order valence-corrected chi connectivity index (χ3v) is 11.8. The molecule has 0 radical (unpaired) electrons. The summed E-state index contributed by atoms with van der Waals surface area (Å²) in [6.07, 6.45) is 5.82. The highest BCUT2D eigenvalue weighted by Crippen LogP contribution is 2.39. The van der Waals surface area contributed by atoms with Crippen LogP contribution in [0.4, 0.5) is 0 Å². The number of aromatic nitrogens is 4. The minimum absolute atomic E-state index is 0.591. The predicted molar refractivity (Wildman–Crippen MR) is 242 cm³/mol. The Labute approximate surface area is 335 Å². The van der Waals surface area contributed by atoms with E-state index in [1.54, 1.807) is 17.4 Å². The molecule has 10 rings (SSSR count). The Hall–Kier alpha value is -7.21. The second kappa shape index (κ2) is 14.5. The third-order valence-electron chi connectivity index (χ3n) is 10.7. The number of thiophene rings is 1. The summed E-state index contributed by atoms with van der Waals surface area (Å²) in [5, 5.41) is 4.86. The summed E-state index contributed by atoms with van der Waals surface area (Å²) in [5.41, 5.74) is 10.5. The van der Waals surface area contributed by atoms with Crippen LogP contribution < -0.4 is 0 Å². The maximum Gasteiger partial charge on any atom is 0.164 e. The van der Waals surface area contributed by atoms with Crippen molar-refractivity contribution in [2.45, 2.75) is 6.92 Å². The monoisotopic (exact) mass is 748 g/mol. The van der Waals surface area contributed by atoms with Crippen molar-refractivity contribution in [1.29, 1.82) is 0 Å². The van der Waals surface area contributed by atoms with Crippen LogP contribution in [-0.2, 0) is 0 Å². The molecule has 0 fully saturated rings. The fraction of sp³-hybridized carbons (Fsp3) is 0.0192. The predicted octanol–water partition coefficient (Wildman–Crippen LogP) is 14.0. The zero-order valence-electron chi connectivity index (χ0n) is 31.3. The van der Waals surface area contributed by atoms with Crippen molar-refractivity contribution in [3.05, 3.63) is 206 Å². The molecule has 57 heavy (non-hydrogen) atoms. The second-order valence-electron chi connectivity index (χ2n) is 14.1. The number of allylic oxidation sites excluding steroid dienone is 5. The highest BCUT2D eigenvalue weighted by molar-refractivity contribution is 7.25. The van der Waals surface area contributed by atoms with E-state index in [1.807, 2.05) is 12.1 Å². The Morgan fingerprint density at radius 1 is 0.544 bits per heavy atom. The number of para-hydroxylation sites is 2. The fourth-order valence-corrected chi connectivity index (χ4v) is 9.09. The molecule has 3 aromatic heterocycles. The highest BCUT2D eigenvalue weighted by Gasteiger charge is 2.19. The van der Waals surface area contributed by atoms with E-state index < -0.39 is 0 Å². The molecule has 7 aromatic carbocycles. The van der Waals surface area contributed by atoms with Crippen molar-refractivity contribution in [2.24, 2.45) is 0 Å². The van der Waals surface area contributed by atoms with E-state index >= 15 is 0 Å². The van der Waals surface area contributed by atoms with Gasteiger partial charge in [-0.1, -0.05) is 158 Å². The van der Waals surface area contributed by atoms with Gasteiger partial charge in [-0.05, 0) is 65.6 Å². The van der Waals surface area contributed by atoms with Crippen LogP contribution in [-0.4, -0.2) is 19.5 Å². The molecule has 10 aromatic rings. The second-order valence-corrected chi connectivity index (χ2v) is 15.2. The van der Waals surface area contributed by atoms with Crippen LogP contribution >= 0.6 is 11.3 Å². The molecule has 0 spiro atoms. The molecule has 0 saturated carbocycles. The minimum atomic E-state index is 0.591. The van der Waals surface area contributed by atoms with Gasteiger partial charge in [-0.3, -0.25) is 0 Å². The molecule has 0 N–H and O–H groups in total. The Kier molecular flexibility index (Phi) is 8.70. The van der Waals surface area contributed by atoms with Gasteiger partial charge in [0.25, 0.3) is 0 Å². The van der Waals surface area contributed by atoms with Crippen LogP contribution in [0.25, 0.3) is 92.7 Å². The lowest BCUT2D eigenvalue weighted by molar-refractivity contribution is 1.04. The number of nitrogens with zero attached hydrogens (tertiary/aromatic N) is 4. The molecule has 3 heterocycles. The Bertz CT molecular complexity index is 3210. The van der Waals surface area contributed by atoms with Crippen molar-refractivity contribution in [3.8, 4) is 39.6 Å². The first kappa shape index (κ1) is 34.3. The normalized spacial score (nSPS) is 12.2. The van der Waals surface area contributed by atoms with Gasteiger partial charge in [0.15, 0.2) is 17.5 Å². The quantitative estimate of drug-likeness (QED) is 0.145. The summed E-state index contributed by atoms with van der Waals surface area (Å²) >= 11 is 1.79. The minimum Gasteiger partial charge on any atom is -0.309 e. The maximum absolute atomic E-state index is 5.32. The molecule has 0 bridgehead atoms. The number of fused-ring (bicyclic) bond motifs is 6. The lowest BCUT2D eigenvalue weighted by Gasteiger charge is -2.15. The molecule has 0 unspecified atom stereocenters. The first-order valence-electron chi connectivity index (χ1n) is 19.1. The van der Waals surface area contributed by atoms with Crippen LogP contribution in [0.2, 0.25) is 0 Å². The standard InChI is InChI=1S/C52H36N4S/c1-3-4-21-40(34(2)39-22-11-12-23-41(39)35-17-7-5-8-18-35)52-54-50(53-51(55-52)37-29-31-45-44-25-14-16-27-48(44)57-49(45)33-37)36-28-30-43-42-24-13-15-26-46(42)56(47(43)32-36)38-19-9-6-10-20-38/h3-33H,1H2,2H3/b21-4-,40-34-. The molecule has 0 amide bonds. The van der Waals surface area contributed by atoms with Crippen molar-refractivity contribution < 1.29 is 0 Å². The van der Waals surface area contributed by atoms with Crippen LogP contribution in [0.3, 0.4) is 0 Å². The Morgan fingerprint density at radius 2 is 1.16 bits per heavy atom. The number of hydrogen-bond donors (Lipinski definition) is 0. The summed E-state index contributed by atoms with van der Waals surface area (Å²) in [7, 11) is 0. The zero-order chi connectivity index (χ0) is 38.3. The Morgan fingerprint density at radius 3 is 1.95 bits per heavy atom. The first-order valence-corrected chi connectivity index (χ1v) is 19.9. The van der Waals surface area contributed by atoms with Crippen LogP contribution in [0, 0.1) is 0 Å². The van der Waals surface area contributed by atoms with E-state index in [2.05, 4.69) is 188 Å². The van der Waals surface area contributed by atoms with Crippen molar-refractivity contribution >= 4 is 64.5 Å². The molecular weight excluding hydrogens is 713 g/mol. The summed E-state index contributed by atoms with van der Waals surface area (Å²) in [6, 6.07) is 59.9. The van der Waals surface area contributed by atoms with Crippen molar-refractivity contribution in [3.63, 3.8) is 0 Å². The van der Waals surface area contributed by atoms with E-state index in [4.69, 9.17) is 15.0 Å². The lowest BCUT2D eigenvalue weighted by Crippen LogP contribution is -2.04.